The molecule has 1 rings (SSSR count). The molecule has 0 aliphatic carbocycles. The van der Waals surface area contributed by atoms with Crippen LogP contribution in [0.5, 0.6) is 0 Å². The molecule has 0 aliphatic heterocycles. The van der Waals surface area contributed by atoms with Gasteiger partial charge < -0.3 is 5.11 Å². The molecule has 1 atom stereocenters. The average molecular weight is 314 g/mol. The van der Waals surface area contributed by atoms with Gasteiger partial charge in [-0.15, -0.1) is 0 Å². The number of carboxylic acid groups (broad SMARTS) is 1. The molecule has 0 radical (unpaired) electrons. The Hall–Kier alpha value is -1.44. The van der Waals surface area contributed by atoms with Gasteiger partial charge in [-0.1, -0.05) is 30.3 Å². The third kappa shape index (κ3) is 6.70. The van der Waals surface area contributed by atoms with E-state index in [2.05, 4.69) is 4.72 Å². The van der Waals surface area contributed by atoms with Crippen LogP contribution in [0.3, 0.4) is 0 Å². The van der Waals surface area contributed by atoms with Gasteiger partial charge in [0, 0.05) is 26.1 Å². The lowest BCUT2D eigenvalue weighted by Crippen LogP contribution is -2.42. The summed E-state index contributed by atoms with van der Waals surface area (Å²) in [6.07, 6.45) is 0.984. The van der Waals surface area contributed by atoms with Gasteiger partial charge in [0.25, 0.3) is 10.2 Å². The molecule has 0 aromatic heterocycles. The summed E-state index contributed by atoms with van der Waals surface area (Å²) in [6, 6.07) is 9.02. The SMILES string of the molecule is CC(CCCC(=O)O)NS(=O)(=O)N(C)Cc1ccccc1. The number of nitrogens with zero attached hydrogens (tertiary/aromatic N) is 1. The fraction of sp³-hybridized carbons (Fsp3) is 0.500. The van der Waals surface area contributed by atoms with Gasteiger partial charge >= 0.3 is 5.97 Å². The topological polar surface area (TPSA) is 86.7 Å². The van der Waals surface area contributed by atoms with Gasteiger partial charge in [-0.3, -0.25) is 4.79 Å². The highest BCUT2D eigenvalue weighted by Gasteiger charge is 2.20. The number of nitrogens with one attached hydrogen (secondary N) is 1. The molecule has 0 spiro atoms. The lowest BCUT2D eigenvalue weighted by Gasteiger charge is -2.21. The van der Waals surface area contributed by atoms with E-state index in [0.717, 1.165) is 5.56 Å². The van der Waals surface area contributed by atoms with Crippen LogP contribution in [-0.4, -0.2) is 36.9 Å². The summed E-state index contributed by atoms with van der Waals surface area (Å²) in [5, 5.41) is 8.56. The molecular formula is C14H22N2O4S. The lowest BCUT2D eigenvalue weighted by atomic mass is 10.1. The summed E-state index contributed by atoms with van der Waals surface area (Å²) in [5.41, 5.74) is 0.906. The third-order valence-corrected chi connectivity index (χ3v) is 4.69. The first-order valence-corrected chi connectivity index (χ1v) is 8.24. The summed E-state index contributed by atoms with van der Waals surface area (Å²) >= 11 is 0. The van der Waals surface area contributed by atoms with E-state index >= 15 is 0 Å². The minimum absolute atomic E-state index is 0.0475. The second-order valence-corrected chi connectivity index (χ2v) is 6.86. The summed E-state index contributed by atoms with van der Waals surface area (Å²) in [5.74, 6) is -0.869. The zero-order chi connectivity index (χ0) is 15.9. The molecule has 2 N–H and O–H groups in total. The first-order valence-electron chi connectivity index (χ1n) is 6.80. The molecule has 1 aromatic rings. The van der Waals surface area contributed by atoms with E-state index in [1.807, 2.05) is 30.3 Å². The molecule has 0 fully saturated rings. The average Bonchev–Trinajstić information content (AvgIpc) is 2.38. The predicted octanol–water partition coefficient (Wildman–Crippen LogP) is 1.60. The quantitative estimate of drug-likeness (QED) is 0.725. The third-order valence-electron chi connectivity index (χ3n) is 3.04. The fourth-order valence-electron chi connectivity index (χ4n) is 1.89. The van der Waals surface area contributed by atoms with Gasteiger partial charge in [0.2, 0.25) is 0 Å². The van der Waals surface area contributed by atoms with Crippen molar-refractivity contribution < 1.29 is 18.3 Å². The second kappa shape index (κ2) is 8.11. The van der Waals surface area contributed by atoms with E-state index in [4.69, 9.17) is 5.11 Å². The van der Waals surface area contributed by atoms with Crippen molar-refractivity contribution in [2.75, 3.05) is 7.05 Å². The smallest absolute Gasteiger partial charge is 0.303 e. The molecule has 1 unspecified atom stereocenters. The fourth-order valence-corrected chi connectivity index (χ4v) is 3.01. The zero-order valence-electron chi connectivity index (χ0n) is 12.3. The largest absolute Gasteiger partial charge is 0.481 e. The highest BCUT2D eigenvalue weighted by Crippen LogP contribution is 2.08. The number of carbonyl (C=O) groups is 1. The van der Waals surface area contributed by atoms with Crippen molar-refractivity contribution >= 4 is 16.2 Å². The maximum absolute atomic E-state index is 12.1. The molecule has 118 valence electrons. The van der Waals surface area contributed by atoms with Crippen LogP contribution < -0.4 is 4.72 Å². The Morgan fingerprint density at radius 2 is 1.95 bits per heavy atom. The molecule has 6 nitrogen and oxygen atoms in total. The van der Waals surface area contributed by atoms with Crippen LogP contribution in [0, 0.1) is 0 Å². The van der Waals surface area contributed by atoms with Crippen LogP contribution in [0.25, 0.3) is 0 Å². The molecule has 21 heavy (non-hydrogen) atoms. The van der Waals surface area contributed by atoms with Crippen molar-refractivity contribution in [1.82, 2.24) is 9.03 Å². The highest BCUT2D eigenvalue weighted by molar-refractivity contribution is 7.87. The predicted molar refractivity (Wildman–Crippen MR) is 80.9 cm³/mol. The molecule has 0 aliphatic rings. The van der Waals surface area contributed by atoms with Crippen LogP contribution >= 0.6 is 0 Å². The summed E-state index contributed by atoms with van der Waals surface area (Å²) < 4.78 is 28.1. The summed E-state index contributed by atoms with van der Waals surface area (Å²) in [6.45, 7) is 2.02. The maximum Gasteiger partial charge on any atom is 0.303 e. The van der Waals surface area contributed by atoms with Crippen molar-refractivity contribution in [1.29, 1.82) is 0 Å². The van der Waals surface area contributed by atoms with Gasteiger partial charge in [0.1, 0.15) is 0 Å². The van der Waals surface area contributed by atoms with Gasteiger partial charge in [0.05, 0.1) is 0 Å². The van der Waals surface area contributed by atoms with Crippen molar-refractivity contribution in [3.63, 3.8) is 0 Å². The van der Waals surface area contributed by atoms with E-state index in [9.17, 15) is 13.2 Å². The minimum atomic E-state index is -3.57. The first-order chi connectivity index (χ1) is 9.81. The van der Waals surface area contributed by atoms with Gasteiger partial charge in [0.15, 0.2) is 0 Å². The van der Waals surface area contributed by atoms with Crippen molar-refractivity contribution in [3.8, 4) is 0 Å². The molecular weight excluding hydrogens is 292 g/mol. The normalized spacial score (nSPS) is 13.3. The number of hydrogen-bond acceptors (Lipinski definition) is 3. The zero-order valence-corrected chi connectivity index (χ0v) is 13.1. The minimum Gasteiger partial charge on any atom is -0.481 e. The molecule has 0 bridgehead atoms. The van der Waals surface area contributed by atoms with E-state index < -0.39 is 16.2 Å². The Labute approximate surface area is 126 Å². The lowest BCUT2D eigenvalue weighted by molar-refractivity contribution is -0.137. The van der Waals surface area contributed by atoms with Crippen molar-refractivity contribution in [2.45, 2.75) is 38.8 Å². The van der Waals surface area contributed by atoms with Crippen LogP contribution in [0.1, 0.15) is 31.7 Å². The number of benzene rings is 1. The van der Waals surface area contributed by atoms with Crippen molar-refractivity contribution in [2.24, 2.45) is 0 Å². The number of aliphatic carboxylic acids is 1. The van der Waals surface area contributed by atoms with Crippen LogP contribution in [-0.2, 0) is 21.5 Å². The molecule has 0 heterocycles. The number of rotatable bonds is 9. The molecule has 1 aromatic carbocycles. The standard InChI is InChI=1S/C14H22N2O4S/c1-12(7-6-10-14(17)18)15-21(19,20)16(2)11-13-8-4-3-5-9-13/h3-5,8-9,12,15H,6-7,10-11H2,1-2H3,(H,17,18). The number of carboxylic acids is 1. The van der Waals surface area contributed by atoms with E-state index in [-0.39, 0.29) is 19.0 Å². The Balaban J connectivity index is 2.50. The summed E-state index contributed by atoms with van der Waals surface area (Å²) in [7, 11) is -2.06. The monoisotopic (exact) mass is 314 g/mol. The van der Waals surface area contributed by atoms with Crippen LogP contribution in [0.4, 0.5) is 0 Å². The Morgan fingerprint density at radius 1 is 1.33 bits per heavy atom. The first kappa shape index (κ1) is 17.6. The molecule has 7 heteroatoms. The molecule has 0 saturated carbocycles. The van der Waals surface area contributed by atoms with Crippen LogP contribution in [0.2, 0.25) is 0 Å². The van der Waals surface area contributed by atoms with Gasteiger partial charge in [-0.05, 0) is 25.3 Å². The van der Waals surface area contributed by atoms with Crippen molar-refractivity contribution in [3.05, 3.63) is 35.9 Å². The number of hydrogen-bond donors (Lipinski definition) is 2. The van der Waals surface area contributed by atoms with E-state index in [1.165, 1.54) is 11.4 Å². The van der Waals surface area contributed by atoms with Gasteiger partial charge in [-0.25, -0.2) is 0 Å². The molecule has 0 saturated heterocycles. The summed E-state index contributed by atoms with van der Waals surface area (Å²) in [4.78, 5) is 10.4. The van der Waals surface area contributed by atoms with E-state index in [0.29, 0.717) is 12.8 Å². The Bertz CT molecular complexity index is 545. The van der Waals surface area contributed by atoms with Gasteiger partial charge in [-0.2, -0.15) is 17.4 Å². The van der Waals surface area contributed by atoms with Crippen LogP contribution in [0.15, 0.2) is 30.3 Å². The Kier molecular flexibility index (Phi) is 6.80. The second-order valence-electron chi connectivity index (χ2n) is 5.05. The van der Waals surface area contributed by atoms with E-state index in [1.54, 1.807) is 6.92 Å². The molecule has 0 amide bonds. The Morgan fingerprint density at radius 3 is 2.52 bits per heavy atom. The maximum atomic E-state index is 12.1. The highest BCUT2D eigenvalue weighted by atomic mass is 32.2.